The van der Waals surface area contributed by atoms with Gasteiger partial charge in [0.25, 0.3) is 10.0 Å². The van der Waals surface area contributed by atoms with Crippen LogP contribution in [0.2, 0.25) is 0 Å². The molecule has 2 aromatic rings. The minimum Gasteiger partial charge on any atom is -0.467 e. The number of anilines is 1. The van der Waals surface area contributed by atoms with Gasteiger partial charge in [0, 0.05) is 7.05 Å². The molecule has 0 unspecified atom stereocenters. The van der Waals surface area contributed by atoms with E-state index in [1.807, 2.05) is 0 Å². The number of nitrogens with one attached hydrogen (secondary N) is 1. The van der Waals surface area contributed by atoms with Gasteiger partial charge in [-0.25, -0.2) is 27.1 Å². The zero-order chi connectivity index (χ0) is 21.1. The Morgan fingerprint density at radius 2 is 1.86 bits per heavy atom. The van der Waals surface area contributed by atoms with Crippen LogP contribution in [0, 0.1) is 12.7 Å². The lowest BCUT2D eigenvalue weighted by Crippen LogP contribution is -2.42. The number of aryl methyl sites for hydroxylation is 1. The summed E-state index contributed by atoms with van der Waals surface area (Å²) in [7, 11) is -1.09. The Kier molecular flexibility index (Phi) is 6.08. The highest BCUT2D eigenvalue weighted by atomic mass is 32.2. The summed E-state index contributed by atoms with van der Waals surface area (Å²) in [6.07, 6.45) is 0. The lowest BCUT2D eigenvalue weighted by molar-refractivity contribution is 0.0596. The third-order valence-electron chi connectivity index (χ3n) is 3.36. The summed E-state index contributed by atoms with van der Waals surface area (Å²) < 4.78 is 49.7. The van der Waals surface area contributed by atoms with Crippen molar-refractivity contribution in [1.82, 2.24) is 19.7 Å². The van der Waals surface area contributed by atoms with Gasteiger partial charge in [-0.1, -0.05) is 0 Å². The third kappa shape index (κ3) is 4.49. The molecule has 0 spiro atoms. The van der Waals surface area contributed by atoms with Crippen LogP contribution in [-0.4, -0.2) is 56.6 Å². The van der Waals surface area contributed by atoms with Crippen LogP contribution in [0.3, 0.4) is 0 Å². The predicted octanol–water partition coefficient (Wildman–Crippen LogP) is 0.649. The van der Waals surface area contributed by atoms with E-state index < -0.39 is 38.3 Å². The second kappa shape index (κ2) is 8.12. The van der Waals surface area contributed by atoms with E-state index in [2.05, 4.69) is 19.7 Å². The first-order chi connectivity index (χ1) is 13.1. The number of amides is 2. The number of urea groups is 1. The van der Waals surface area contributed by atoms with Crippen LogP contribution in [0.5, 0.6) is 6.01 Å². The molecule has 0 aliphatic heterocycles. The Morgan fingerprint density at radius 3 is 2.46 bits per heavy atom. The number of methoxy groups -OCH3 is 2. The van der Waals surface area contributed by atoms with Crippen molar-refractivity contribution in [2.45, 2.75) is 11.8 Å². The van der Waals surface area contributed by atoms with Gasteiger partial charge in [0.1, 0.15) is 16.5 Å². The molecule has 2 amide bonds. The molecule has 1 N–H and O–H groups in total. The molecule has 0 bridgehead atoms. The van der Waals surface area contributed by atoms with Gasteiger partial charge in [0.05, 0.1) is 19.8 Å². The maximum absolute atomic E-state index is 13.6. The first kappa shape index (κ1) is 21.0. The van der Waals surface area contributed by atoms with Crippen molar-refractivity contribution in [2.24, 2.45) is 0 Å². The number of benzene rings is 1. The van der Waals surface area contributed by atoms with Crippen LogP contribution in [-0.2, 0) is 14.8 Å². The maximum atomic E-state index is 13.6. The fourth-order valence-electron chi connectivity index (χ4n) is 2.01. The molecule has 0 saturated carbocycles. The van der Waals surface area contributed by atoms with Crippen LogP contribution in [0.25, 0.3) is 0 Å². The lowest BCUT2D eigenvalue weighted by atomic mass is 10.2. The molecule has 0 aliphatic carbocycles. The van der Waals surface area contributed by atoms with E-state index in [0.29, 0.717) is 6.07 Å². The number of halogens is 1. The summed E-state index contributed by atoms with van der Waals surface area (Å²) in [6.45, 7) is 1.52. The molecule has 150 valence electrons. The van der Waals surface area contributed by atoms with Crippen molar-refractivity contribution in [3.05, 3.63) is 35.4 Å². The predicted molar refractivity (Wildman–Crippen MR) is 93.0 cm³/mol. The molecule has 13 heteroatoms. The average molecular weight is 413 g/mol. The van der Waals surface area contributed by atoms with Crippen molar-refractivity contribution in [3.8, 4) is 6.01 Å². The largest absolute Gasteiger partial charge is 0.467 e. The molecule has 28 heavy (non-hydrogen) atoms. The van der Waals surface area contributed by atoms with Crippen molar-refractivity contribution >= 4 is 28.0 Å². The van der Waals surface area contributed by atoms with Gasteiger partial charge in [0.15, 0.2) is 0 Å². The molecule has 2 rings (SSSR count). The van der Waals surface area contributed by atoms with Gasteiger partial charge in [0.2, 0.25) is 5.95 Å². The molecule has 1 heterocycles. The zero-order valence-electron chi connectivity index (χ0n) is 15.3. The Hall–Kier alpha value is -3.35. The number of ether oxygens (including phenoxy) is 2. The van der Waals surface area contributed by atoms with Crippen LogP contribution in [0.15, 0.2) is 23.1 Å². The van der Waals surface area contributed by atoms with E-state index in [1.165, 1.54) is 21.1 Å². The number of aromatic nitrogens is 3. The monoisotopic (exact) mass is 413 g/mol. The third-order valence-corrected chi connectivity index (χ3v) is 4.72. The molecule has 1 aromatic carbocycles. The van der Waals surface area contributed by atoms with E-state index in [9.17, 15) is 22.4 Å². The number of hydrogen-bond acceptors (Lipinski definition) is 9. The fourth-order valence-corrected chi connectivity index (χ4v) is 3.20. The first-order valence-corrected chi connectivity index (χ1v) is 9.02. The maximum Gasteiger partial charge on any atom is 0.339 e. The summed E-state index contributed by atoms with van der Waals surface area (Å²) in [5, 5.41) is 0. The Morgan fingerprint density at radius 1 is 1.18 bits per heavy atom. The topological polar surface area (TPSA) is 141 Å². The molecule has 1 aromatic heterocycles. The summed E-state index contributed by atoms with van der Waals surface area (Å²) >= 11 is 0. The van der Waals surface area contributed by atoms with Crippen LogP contribution in [0.1, 0.15) is 16.2 Å². The second-order valence-corrected chi connectivity index (χ2v) is 6.92. The van der Waals surface area contributed by atoms with Gasteiger partial charge < -0.3 is 9.47 Å². The minimum atomic E-state index is -4.63. The molecule has 0 atom stereocenters. The molecular weight excluding hydrogens is 397 g/mol. The van der Waals surface area contributed by atoms with Crippen LogP contribution < -0.4 is 14.4 Å². The van der Waals surface area contributed by atoms with E-state index >= 15 is 0 Å². The fraction of sp³-hybridized carbons (Fsp3) is 0.267. The number of carbonyl (C=O) groups is 2. The van der Waals surface area contributed by atoms with Gasteiger partial charge >= 0.3 is 18.0 Å². The number of sulfonamides is 1. The SMILES string of the molecule is COC(=O)c1ccc(F)cc1S(=O)(=O)NC(=O)N(C)c1nc(C)nc(OC)n1. The number of nitrogens with zero attached hydrogens (tertiary/aromatic N) is 4. The highest BCUT2D eigenvalue weighted by Gasteiger charge is 2.28. The zero-order valence-corrected chi connectivity index (χ0v) is 16.1. The molecular formula is C15H16FN5O6S. The van der Waals surface area contributed by atoms with Gasteiger partial charge in [-0.05, 0) is 25.1 Å². The smallest absolute Gasteiger partial charge is 0.339 e. The molecule has 11 nitrogen and oxygen atoms in total. The second-order valence-electron chi connectivity index (χ2n) is 5.27. The van der Waals surface area contributed by atoms with E-state index in [1.54, 1.807) is 4.72 Å². The number of hydrogen-bond donors (Lipinski definition) is 1. The normalized spacial score (nSPS) is 10.9. The van der Waals surface area contributed by atoms with Crippen molar-refractivity contribution in [1.29, 1.82) is 0 Å². The van der Waals surface area contributed by atoms with Crippen molar-refractivity contribution in [3.63, 3.8) is 0 Å². The molecule has 0 fully saturated rings. The lowest BCUT2D eigenvalue weighted by Gasteiger charge is -2.17. The number of esters is 1. The summed E-state index contributed by atoms with van der Waals surface area (Å²) in [5.74, 6) is -1.90. The van der Waals surface area contributed by atoms with E-state index in [-0.39, 0.29) is 17.8 Å². The standard InChI is InChI=1S/C15H16FN5O6S/c1-8-17-13(19-14(18-8)27-4)21(2)15(23)20-28(24,25)11-7-9(16)5-6-10(11)12(22)26-3/h5-7H,1-4H3,(H,20,23). The number of carbonyl (C=O) groups excluding carboxylic acids is 2. The first-order valence-electron chi connectivity index (χ1n) is 7.54. The van der Waals surface area contributed by atoms with Crippen LogP contribution in [0.4, 0.5) is 15.1 Å². The minimum absolute atomic E-state index is 0.0804. The Labute approximate surface area is 159 Å². The Balaban J connectivity index is 2.37. The molecule has 0 saturated heterocycles. The quantitative estimate of drug-likeness (QED) is 0.699. The van der Waals surface area contributed by atoms with Gasteiger partial charge in [-0.3, -0.25) is 4.90 Å². The average Bonchev–Trinajstić information content (AvgIpc) is 2.65. The summed E-state index contributed by atoms with van der Waals surface area (Å²) in [5.41, 5.74) is -0.440. The highest BCUT2D eigenvalue weighted by Crippen LogP contribution is 2.19. The number of rotatable bonds is 5. The van der Waals surface area contributed by atoms with Gasteiger partial charge in [-0.2, -0.15) is 15.0 Å². The van der Waals surface area contributed by atoms with Crippen LogP contribution >= 0.6 is 0 Å². The van der Waals surface area contributed by atoms with Crippen molar-refractivity contribution < 1.29 is 31.9 Å². The van der Waals surface area contributed by atoms with Gasteiger partial charge in [-0.15, -0.1) is 0 Å². The van der Waals surface area contributed by atoms with E-state index in [4.69, 9.17) is 4.74 Å². The summed E-state index contributed by atoms with van der Waals surface area (Å²) in [4.78, 5) is 35.8. The molecule has 0 aliphatic rings. The Bertz CT molecular complexity index is 1030. The van der Waals surface area contributed by atoms with Crippen molar-refractivity contribution in [2.75, 3.05) is 26.2 Å². The molecule has 0 radical (unpaired) electrons. The summed E-state index contributed by atoms with van der Waals surface area (Å²) in [6, 6.07) is 1.18. The highest BCUT2D eigenvalue weighted by molar-refractivity contribution is 7.90. The van der Waals surface area contributed by atoms with E-state index in [0.717, 1.165) is 24.1 Å².